The molecule has 3 unspecified atom stereocenters. The number of aromatic nitrogens is 1. The lowest BCUT2D eigenvalue weighted by Gasteiger charge is -2.22. The summed E-state index contributed by atoms with van der Waals surface area (Å²) in [6.45, 7) is -0.381. The van der Waals surface area contributed by atoms with E-state index < -0.39 is 41.8 Å². The number of para-hydroxylation sites is 1. The number of nitrogens with one attached hydrogen (secondary N) is 4. The van der Waals surface area contributed by atoms with E-state index in [1.165, 1.54) is 11.8 Å². The van der Waals surface area contributed by atoms with Gasteiger partial charge in [0.1, 0.15) is 12.1 Å². The molecule has 11 heteroatoms. The largest absolute Gasteiger partial charge is 0.480 e. The molecular weight excluding hydrogens is 506 g/mol. The van der Waals surface area contributed by atoms with Crippen LogP contribution in [0.15, 0.2) is 60.8 Å². The molecule has 3 atom stereocenters. The Morgan fingerprint density at radius 3 is 2.37 bits per heavy atom. The zero-order valence-electron chi connectivity index (χ0n) is 21.1. The second-order valence-electron chi connectivity index (χ2n) is 8.88. The molecule has 0 aliphatic rings. The fourth-order valence-corrected chi connectivity index (χ4v) is 4.47. The number of carboxylic acids is 1. The number of H-pyrrole nitrogens is 1. The summed E-state index contributed by atoms with van der Waals surface area (Å²) in [7, 11) is 0. The molecule has 3 rings (SSSR count). The number of rotatable bonds is 14. The van der Waals surface area contributed by atoms with Gasteiger partial charge in [-0.15, -0.1) is 0 Å². The van der Waals surface area contributed by atoms with Gasteiger partial charge in [0, 0.05) is 23.5 Å². The standard InChI is InChI=1S/C27H33N5O5S/c1-38-12-11-22(27(36)37)32-26(35)23(14-18-15-29-21-10-6-5-9-19(18)21)31-24(33)16-30-25(34)20(28)13-17-7-3-2-4-8-17/h2-10,15,20,22-23,29H,11-14,16,28H2,1H3,(H,30,34)(H,31,33)(H,32,35)(H,36,37). The van der Waals surface area contributed by atoms with E-state index in [0.717, 1.165) is 22.0 Å². The third kappa shape index (κ3) is 8.35. The zero-order valence-corrected chi connectivity index (χ0v) is 21.9. The van der Waals surface area contributed by atoms with Crippen LogP contribution in [-0.2, 0) is 32.0 Å². The van der Waals surface area contributed by atoms with Crippen molar-refractivity contribution in [1.82, 2.24) is 20.9 Å². The second-order valence-corrected chi connectivity index (χ2v) is 9.86. The van der Waals surface area contributed by atoms with Crippen LogP contribution in [0, 0.1) is 0 Å². The Balaban J connectivity index is 1.66. The van der Waals surface area contributed by atoms with Gasteiger partial charge in [0.2, 0.25) is 17.7 Å². The Bertz CT molecular complexity index is 1250. The van der Waals surface area contributed by atoms with Crippen LogP contribution in [0.3, 0.4) is 0 Å². The van der Waals surface area contributed by atoms with Crippen LogP contribution < -0.4 is 21.7 Å². The van der Waals surface area contributed by atoms with E-state index in [-0.39, 0.29) is 19.4 Å². The van der Waals surface area contributed by atoms with Gasteiger partial charge in [-0.25, -0.2) is 4.79 Å². The predicted octanol–water partition coefficient (Wildman–Crippen LogP) is 1.20. The first kappa shape index (κ1) is 28.7. The third-order valence-corrected chi connectivity index (χ3v) is 6.68. The van der Waals surface area contributed by atoms with E-state index in [1.54, 1.807) is 6.20 Å². The Hall–Kier alpha value is -3.83. The molecule has 38 heavy (non-hydrogen) atoms. The minimum absolute atomic E-state index is 0.123. The van der Waals surface area contributed by atoms with Crippen LogP contribution in [0.5, 0.6) is 0 Å². The van der Waals surface area contributed by atoms with E-state index in [9.17, 15) is 24.3 Å². The molecule has 0 spiro atoms. The number of amides is 3. The molecule has 0 saturated heterocycles. The SMILES string of the molecule is CSCCC(NC(=O)C(Cc1c[nH]c2ccccc12)NC(=O)CNC(=O)C(N)Cc1ccccc1)C(=O)O. The highest BCUT2D eigenvalue weighted by Crippen LogP contribution is 2.19. The van der Waals surface area contributed by atoms with Gasteiger partial charge in [-0.2, -0.15) is 11.8 Å². The summed E-state index contributed by atoms with van der Waals surface area (Å²) < 4.78 is 0. The van der Waals surface area contributed by atoms with E-state index in [0.29, 0.717) is 12.2 Å². The van der Waals surface area contributed by atoms with Crippen molar-refractivity contribution in [3.8, 4) is 0 Å². The molecular formula is C27H33N5O5S. The van der Waals surface area contributed by atoms with E-state index in [1.807, 2.05) is 60.9 Å². The van der Waals surface area contributed by atoms with Gasteiger partial charge in [-0.3, -0.25) is 14.4 Å². The Morgan fingerprint density at radius 2 is 1.66 bits per heavy atom. The zero-order chi connectivity index (χ0) is 27.5. The van der Waals surface area contributed by atoms with Crippen LogP contribution >= 0.6 is 11.8 Å². The van der Waals surface area contributed by atoms with Crippen molar-refractivity contribution in [3.05, 3.63) is 71.9 Å². The van der Waals surface area contributed by atoms with Crippen LogP contribution in [0.2, 0.25) is 0 Å². The number of benzene rings is 2. The Labute approximate surface area is 225 Å². The molecule has 10 nitrogen and oxygen atoms in total. The highest BCUT2D eigenvalue weighted by molar-refractivity contribution is 7.98. The molecule has 3 amide bonds. The lowest BCUT2D eigenvalue weighted by molar-refractivity contribution is -0.142. The Kier molecular flexibility index (Phi) is 10.7. The fraction of sp³-hybridized carbons (Fsp3) is 0.333. The van der Waals surface area contributed by atoms with Crippen LogP contribution in [0.1, 0.15) is 17.5 Å². The summed E-state index contributed by atoms with van der Waals surface area (Å²) in [4.78, 5) is 53.1. The minimum atomic E-state index is -1.15. The number of thioether (sulfide) groups is 1. The van der Waals surface area contributed by atoms with Gasteiger partial charge in [0.15, 0.2) is 0 Å². The first-order chi connectivity index (χ1) is 18.3. The van der Waals surface area contributed by atoms with Gasteiger partial charge < -0.3 is 31.8 Å². The fourth-order valence-electron chi connectivity index (χ4n) is 4.00. The third-order valence-electron chi connectivity index (χ3n) is 6.03. The summed E-state index contributed by atoms with van der Waals surface area (Å²) in [5.41, 5.74) is 8.53. The number of carboxylic acid groups (broad SMARTS) is 1. The molecule has 1 aromatic heterocycles. The van der Waals surface area contributed by atoms with Gasteiger partial charge in [-0.1, -0.05) is 48.5 Å². The van der Waals surface area contributed by atoms with Crippen molar-refractivity contribution < 1.29 is 24.3 Å². The number of carbonyl (C=O) groups is 4. The minimum Gasteiger partial charge on any atom is -0.480 e. The van der Waals surface area contributed by atoms with Crippen LogP contribution in [0.25, 0.3) is 10.9 Å². The summed E-state index contributed by atoms with van der Waals surface area (Å²) >= 11 is 1.47. The smallest absolute Gasteiger partial charge is 0.326 e. The molecule has 0 aliphatic carbocycles. The van der Waals surface area contributed by atoms with Crippen LogP contribution in [-0.4, -0.2) is 70.5 Å². The number of aromatic amines is 1. The molecule has 0 fully saturated rings. The molecule has 0 radical (unpaired) electrons. The number of fused-ring (bicyclic) bond motifs is 1. The molecule has 0 saturated carbocycles. The van der Waals surface area contributed by atoms with Crippen molar-refractivity contribution in [2.45, 2.75) is 37.4 Å². The van der Waals surface area contributed by atoms with Gasteiger partial charge in [0.05, 0.1) is 12.6 Å². The number of hydrogen-bond acceptors (Lipinski definition) is 6. The summed E-state index contributed by atoms with van der Waals surface area (Å²) in [5.74, 6) is -2.31. The van der Waals surface area contributed by atoms with Crippen molar-refractivity contribution in [2.24, 2.45) is 5.73 Å². The molecule has 7 N–H and O–H groups in total. The normalized spacial score (nSPS) is 13.3. The summed E-state index contributed by atoms with van der Waals surface area (Å²) in [6.07, 6.45) is 4.28. The van der Waals surface area contributed by atoms with Crippen LogP contribution in [0.4, 0.5) is 0 Å². The van der Waals surface area contributed by atoms with E-state index in [2.05, 4.69) is 20.9 Å². The highest BCUT2D eigenvalue weighted by Gasteiger charge is 2.27. The van der Waals surface area contributed by atoms with Gasteiger partial charge in [0.25, 0.3) is 0 Å². The first-order valence-electron chi connectivity index (χ1n) is 12.2. The second kappa shape index (κ2) is 14.2. The lowest BCUT2D eigenvalue weighted by atomic mass is 10.0. The van der Waals surface area contributed by atoms with Crippen molar-refractivity contribution >= 4 is 46.4 Å². The molecule has 3 aromatic rings. The van der Waals surface area contributed by atoms with Crippen molar-refractivity contribution in [2.75, 3.05) is 18.6 Å². The van der Waals surface area contributed by atoms with Crippen molar-refractivity contribution in [1.29, 1.82) is 0 Å². The quantitative estimate of drug-likeness (QED) is 0.179. The average Bonchev–Trinajstić information content (AvgIpc) is 3.32. The molecule has 202 valence electrons. The number of carbonyl (C=O) groups excluding carboxylic acids is 3. The maximum absolute atomic E-state index is 13.2. The average molecular weight is 540 g/mol. The molecule has 2 aromatic carbocycles. The maximum Gasteiger partial charge on any atom is 0.326 e. The first-order valence-corrected chi connectivity index (χ1v) is 13.6. The van der Waals surface area contributed by atoms with Gasteiger partial charge in [-0.05, 0) is 42.0 Å². The molecule has 1 heterocycles. The van der Waals surface area contributed by atoms with E-state index >= 15 is 0 Å². The maximum atomic E-state index is 13.2. The Morgan fingerprint density at radius 1 is 0.947 bits per heavy atom. The summed E-state index contributed by atoms with van der Waals surface area (Å²) in [6, 6.07) is 13.8. The van der Waals surface area contributed by atoms with Gasteiger partial charge >= 0.3 is 5.97 Å². The predicted molar refractivity (Wildman–Crippen MR) is 148 cm³/mol. The molecule has 0 aliphatic heterocycles. The summed E-state index contributed by atoms with van der Waals surface area (Å²) in [5, 5.41) is 18.1. The number of nitrogens with two attached hydrogens (primary N) is 1. The van der Waals surface area contributed by atoms with Crippen molar-refractivity contribution in [3.63, 3.8) is 0 Å². The lowest BCUT2D eigenvalue weighted by Crippen LogP contribution is -2.54. The molecule has 0 bridgehead atoms. The van der Waals surface area contributed by atoms with E-state index in [4.69, 9.17) is 5.73 Å². The monoisotopic (exact) mass is 539 g/mol. The number of hydrogen-bond donors (Lipinski definition) is 6. The highest BCUT2D eigenvalue weighted by atomic mass is 32.2. The number of aliphatic carboxylic acids is 1. The topological polar surface area (TPSA) is 166 Å².